The smallest absolute Gasteiger partial charge is 0.387 e. The van der Waals surface area contributed by atoms with Crippen molar-refractivity contribution in [2.75, 3.05) is 11.9 Å². The highest BCUT2D eigenvalue weighted by atomic mass is 19.3. The normalized spacial score (nSPS) is 14.9. The Labute approximate surface area is 119 Å². The molecule has 0 bridgehead atoms. The molecule has 1 aliphatic heterocycles. The van der Waals surface area contributed by atoms with Gasteiger partial charge in [-0.25, -0.2) is 0 Å². The van der Waals surface area contributed by atoms with Crippen molar-refractivity contribution in [1.29, 1.82) is 0 Å². The highest BCUT2D eigenvalue weighted by Crippen LogP contribution is 2.28. The standard InChI is InChI=1S/C14H14F2N2O3/c1-8(12-10(19)6-7-17-13(12)20)18-9-4-2-3-5-11(9)21-14(15)16/h2-5,14,18-19H,1,6-7H2,(H,17,20). The summed E-state index contributed by atoms with van der Waals surface area (Å²) in [6.45, 7) is 1.04. The van der Waals surface area contributed by atoms with Gasteiger partial charge in [0.1, 0.15) is 11.5 Å². The number of carbonyl (C=O) groups excluding carboxylic acids is 1. The van der Waals surface area contributed by atoms with Crippen LogP contribution < -0.4 is 15.4 Å². The Hall–Kier alpha value is -2.57. The number of hydrogen-bond acceptors (Lipinski definition) is 4. The average molecular weight is 296 g/mol. The number of halogens is 2. The summed E-state index contributed by atoms with van der Waals surface area (Å²) in [4.78, 5) is 11.7. The van der Waals surface area contributed by atoms with Crippen LogP contribution in [-0.4, -0.2) is 24.2 Å². The summed E-state index contributed by atoms with van der Waals surface area (Å²) >= 11 is 0. The lowest BCUT2D eigenvalue weighted by Gasteiger charge is -2.20. The average Bonchev–Trinajstić information content (AvgIpc) is 2.40. The summed E-state index contributed by atoms with van der Waals surface area (Å²) in [6.07, 6.45) is 0.289. The van der Waals surface area contributed by atoms with Gasteiger partial charge in [-0.1, -0.05) is 18.7 Å². The van der Waals surface area contributed by atoms with Crippen LogP contribution in [-0.2, 0) is 4.79 Å². The van der Waals surface area contributed by atoms with E-state index in [9.17, 15) is 18.7 Å². The first-order chi connectivity index (χ1) is 9.99. The summed E-state index contributed by atoms with van der Waals surface area (Å²) in [5, 5.41) is 15.1. The van der Waals surface area contributed by atoms with Crippen molar-refractivity contribution >= 4 is 11.6 Å². The molecule has 1 aromatic rings. The number of amides is 1. The third-order valence-corrected chi connectivity index (χ3v) is 2.85. The fourth-order valence-corrected chi connectivity index (χ4v) is 1.94. The summed E-state index contributed by atoms with van der Waals surface area (Å²) < 4.78 is 29.0. The summed E-state index contributed by atoms with van der Waals surface area (Å²) in [7, 11) is 0. The summed E-state index contributed by atoms with van der Waals surface area (Å²) in [5.74, 6) is -0.642. The third kappa shape index (κ3) is 3.50. The number of benzene rings is 1. The third-order valence-electron chi connectivity index (χ3n) is 2.85. The van der Waals surface area contributed by atoms with Crippen LogP contribution >= 0.6 is 0 Å². The van der Waals surface area contributed by atoms with Gasteiger partial charge in [0.15, 0.2) is 0 Å². The first-order valence-corrected chi connectivity index (χ1v) is 6.19. The van der Waals surface area contributed by atoms with E-state index in [4.69, 9.17) is 0 Å². The lowest BCUT2D eigenvalue weighted by Crippen LogP contribution is -2.33. The molecule has 0 unspecified atom stereocenters. The Bertz CT molecular complexity index is 600. The molecule has 112 valence electrons. The second kappa shape index (κ2) is 6.25. The van der Waals surface area contributed by atoms with Crippen molar-refractivity contribution < 1.29 is 23.4 Å². The Morgan fingerprint density at radius 3 is 2.81 bits per heavy atom. The molecule has 0 atom stereocenters. The van der Waals surface area contributed by atoms with E-state index in [1.807, 2.05) is 0 Å². The van der Waals surface area contributed by atoms with Gasteiger partial charge in [0.05, 0.1) is 11.3 Å². The van der Waals surface area contributed by atoms with E-state index < -0.39 is 12.5 Å². The topological polar surface area (TPSA) is 70.6 Å². The lowest BCUT2D eigenvalue weighted by molar-refractivity contribution is -0.117. The van der Waals surface area contributed by atoms with E-state index in [1.54, 1.807) is 6.07 Å². The van der Waals surface area contributed by atoms with E-state index >= 15 is 0 Å². The second-order valence-electron chi connectivity index (χ2n) is 4.31. The molecule has 0 radical (unpaired) electrons. The molecule has 0 saturated heterocycles. The van der Waals surface area contributed by atoms with E-state index in [2.05, 4.69) is 21.9 Å². The Balaban J connectivity index is 2.22. The first-order valence-electron chi connectivity index (χ1n) is 6.19. The molecule has 7 heteroatoms. The molecule has 1 aromatic carbocycles. The quantitative estimate of drug-likeness (QED) is 0.781. The molecular weight excluding hydrogens is 282 g/mol. The van der Waals surface area contributed by atoms with Crippen LogP contribution in [0.25, 0.3) is 0 Å². The van der Waals surface area contributed by atoms with Crippen molar-refractivity contribution in [3.63, 3.8) is 0 Å². The van der Waals surface area contributed by atoms with Gasteiger partial charge in [-0.3, -0.25) is 4.79 Å². The van der Waals surface area contributed by atoms with Crippen LogP contribution in [0.3, 0.4) is 0 Å². The fraction of sp³-hybridized carbons (Fsp3) is 0.214. The predicted molar refractivity (Wildman–Crippen MR) is 73.1 cm³/mol. The van der Waals surface area contributed by atoms with Gasteiger partial charge in [-0.15, -0.1) is 0 Å². The number of nitrogens with one attached hydrogen (secondary N) is 2. The molecule has 0 fully saturated rings. The Morgan fingerprint density at radius 2 is 2.14 bits per heavy atom. The van der Waals surface area contributed by atoms with Gasteiger partial charge in [0, 0.05) is 18.7 Å². The van der Waals surface area contributed by atoms with Crippen LogP contribution in [0.1, 0.15) is 6.42 Å². The van der Waals surface area contributed by atoms with Crippen LogP contribution in [0.4, 0.5) is 14.5 Å². The van der Waals surface area contributed by atoms with Crippen LogP contribution in [0.2, 0.25) is 0 Å². The summed E-state index contributed by atoms with van der Waals surface area (Å²) in [6, 6.07) is 6.01. The molecule has 1 amide bonds. The molecular formula is C14H14F2N2O3. The van der Waals surface area contributed by atoms with E-state index in [0.29, 0.717) is 6.54 Å². The number of alkyl halides is 2. The molecule has 21 heavy (non-hydrogen) atoms. The second-order valence-corrected chi connectivity index (χ2v) is 4.31. The van der Waals surface area contributed by atoms with Gasteiger partial charge in [0.2, 0.25) is 0 Å². The number of ether oxygens (including phenoxy) is 1. The van der Waals surface area contributed by atoms with E-state index in [0.717, 1.165) is 0 Å². The molecule has 1 aliphatic rings. The minimum absolute atomic E-state index is 0.00750. The predicted octanol–water partition coefficient (Wildman–Crippen LogP) is 2.55. The molecule has 5 nitrogen and oxygen atoms in total. The number of aliphatic hydroxyl groups excluding tert-OH is 1. The van der Waals surface area contributed by atoms with Crippen molar-refractivity contribution in [3.05, 3.63) is 47.9 Å². The lowest BCUT2D eigenvalue weighted by atomic mass is 10.1. The SMILES string of the molecule is C=C(Nc1ccccc1OC(F)F)C1=C(O)CCNC1=O. The molecule has 0 aromatic heterocycles. The maximum atomic E-state index is 12.3. The largest absolute Gasteiger partial charge is 0.511 e. The molecule has 0 spiro atoms. The molecule has 2 rings (SSSR count). The van der Waals surface area contributed by atoms with E-state index in [1.165, 1.54) is 18.2 Å². The van der Waals surface area contributed by atoms with Crippen molar-refractivity contribution in [2.24, 2.45) is 0 Å². The zero-order valence-corrected chi connectivity index (χ0v) is 11.0. The van der Waals surface area contributed by atoms with Crippen molar-refractivity contribution in [1.82, 2.24) is 5.32 Å². The fourth-order valence-electron chi connectivity index (χ4n) is 1.94. The van der Waals surface area contributed by atoms with Crippen LogP contribution in [0.15, 0.2) is 47.9 Å². The minimum atomic E-state index is -2.97. The van der Waals surface area contributed by atoms with Gasteiger partial charge < -0.3 is 20.5 Å². The molecule has 1 heterocycles. The molecule has 0 aliphatic carbocycles. The number of hydrogen-bond donors (Lipinski definition) is 3. The molecule has 3 N–H and O–H groups in total. The Kier molecular flexibility index (Phi) is 4.42. The number of carbonyl (C=O) groups is 1. The van der Waals surface area contributed by atoms with Crippen LogP contribution in [0, 0.1) is 0 Å². The maximum absolute atomic E-state index is 12.3. The maximum Gasteiger partial charge on any atom is 0.387 e. The Morgan fingerprint density at radius 1 is 1.43 bits per heavy atom. The number of para-hydroxylation sites is 2. The van der Waals surface area contributed by atoms with Gasteiger partial charge in [0.25, 0.3) is 5.91 Å². The van der Waals surface area contributed by atoms with E-state index in [-0.39, 0.29) is 34.9 Å². The monoisotopic (exact) mass is 296 g/mol. The zero-order valence-electron chi connectivity index (χ0n) is 11.0. The van der Waals surface area contributed by atoms with Gasteiger partial charge in [-0.05, 0) is 12.1 Å². The summed E-state index contributed by atoms with van der Waals surface area (Å²) in [5.41, 5.74) is 0.338. The highest BCUT2D eigenvalue weighted by Gasteiger charge is 2.23. The highest BCUT2D eigenvalue weighted by molar-refractivity contribution is 5.99. The van der Waals surface area contributed by atoms with Gasteiger partial charge >= 0.3 is 6.61 Å². The van der Waals surface area contributed by atoms with Crippen molar-refractivity contribution in [2.45, 2.75) is 13.0 Å². The van der Waals surface area contributed by atoms with Crippen LogP contribution in [0.5, 0.6) is 5.75 Å². The number of rotatable bonds is 5. The minimum Gasteiger partial charge on any atom is -0.511 e. The first kappa shape index (κ1) is 14.8. The van der Waals surface area contributed by atoms with Gasteiger partial charge in [-0.2, -0.15) is 8.78 Å². The molecule has 0 saturated carbocycles. The number of anilines is 1. The zero-order chi connectivity index (χ0) is 15.4. The number of aliphatic hydroxyl groups is 1. The van der Waals surface area contributed by atoms with Crippen molar-refractivity contribution in [3.8, 4) is 5.75 Å².